The molecule has 1 aromatic rings. The number of hydrogen-bond donors (Lipinski definition) is 1. The van der Waals surface area contributed by atoms with Crippen LogP contribution in [-0.2, 0) is 6.42 Å². The van der Waals surface area contributed by atoms with Gasteiger partial charge in [-0.15, -0.1) is 0 Å². The van der Waals surface area contributed by atoms with E-state index in [2.05, 4.69) is 5.32 Å². The normalized spacial score (nSPS) is 20.7. The lowest BCUT2D eigenvalue weighted by Crippen LogP contribution is -2.44. The van der Waals surface area contributed by atoms with Gasteiger partial charge in [0.15, 0.2) is 16.7 Å². The molecular formula is C14H14F2N3OS. The van der Waals surface area contributed by atoms with Crippen molar-refractivity contribution in [3.8, 4) is 5.75 Å². The predicted molar refractivity (Wildman–Crippen MR) is 77.7 cm³/mol. The molecule has 0 spiro atoms. The molecule has 2 aliphatic rings. The Balaban J connectivity index is 1.86. The highest BCUT2D eigenvalue weighted by Crippen LogP contribution is 2.32. The van der Waals surface area contributed by atoms with Crippen LogP contribution in [0, 0.1) is 11.6 Å². The molecule has 0 bridgehead atoms. The van der Waals surface area contributed by atoms with Gasteiger partial charge in [-0.05, 0) is 24.8 Å². The minimum atomic E-state index is -0.671. The largest absolute Gasteiger partial charge is 0.488 e. The SMILES string of the molecule is NCCC1=C[N]C(=S)N1[C@H]1COc2c(F)cc(F)cc2C1. The summed E-state index contributed by atoms with van der Waals surface area (Å²) in [6.07, 6.45) is 2.78. The van der Waals surface area contributed by atoms with Gasteiger partial charge in [-0.25, -0.2) is 14.1 Å². The third-order valence-corrected chi connectivity index (χ3v) is 3.87. The fourth-order valence-electron chi connectivity index (χ4n) is 2.69. The zero-order valence-electron chi connectivity index (χ0n) is 11.2. The molecule has 2 aliphatic heterocycles. The van der Waals surface area contributed by atoms with Crippen LogP contribution in [0.4, 0.5) is 8.78 Å². The number of rotatable bonds is 3. The molecule has 1 radical (unpaired) electrons. The molecule has 0 aliphatic carbocycles. The summed E-state index contributed by atoms with van der Waals surface area (Å²) in [5.41, 5.74) is 7.00. The van der Waals surface area contributed by atoms with E-state index >= 15 is 0 Å². The van der Waals surface area contributed by atoms with E-state index in [1.807, 2.05) is 4.90 Å². The summed E-state index contributed by atoms with van der Waals surface area (Å²) in [5, 5.41) is 4.56. The second-order valence-corrected chi connectivity index (χ2v) is 5.35. The monoisotopic (exact) mass is 310 g/mol. The maximum atomic E-state index is 13.7. The first-order valence-corrected chi connectivity index (χ1v) is 7.05. The van der Waals surface area contributed by atoms with Crippen LogP contribution in [-0.4, -0.2) is 29.2 Å². The van der Waals surface area contributed by atoms with Gasteiger partial charge in [0.25, 0.3) is 0 Å². The average molecular weight is 310 g/mol. The van der Waals surface area contributed by atoms with Gasteiger partial charge in [0, 0.05) is 36.4 Å². The van der Waals surface area contributed by atoms with Crippen molar-refractivity contribution in [3.63, 3.8) is 0 Å². The number of nitrogens with two attached hydrogens (primary N) is 1. The van der Waals surface area contributed by atoms with Crippen molar-refractivity contribution in [2.24, 2.45) is 5.73 Å². The van der Waals surface area contributed by atoms with Crippen molar-refractivity contribution >= 4 is 17.3 Å². The number of halogens is 2. The van der Waals surface area contributed by atoms with Gasteiger partial charge < -0.3 is 15.4 Å². The van der Waals surface area contributed by atoms with Crippen LogP contribution in [0.25, 0.3) is 0 Å². The van der Waals surface area contributed by atoms with E-state index < -0.39 is 11.6 Å². The number of nitrogens with zero attached hydrogens (tertiary/aromatic N) is 2. The van der Waals surface area contributed by atoms with Crippen LogP contribution in [0.2, 0.25) is 0 Å². The first kappa shape index (κ1) is 14.2. The molecule has 0 aromatic heterocycles. The molecule has 7 heteroatoms. The molecule has 2 heterocycles. The summed E-state index contributed by atoms with van der Waals surface area (Å²) in [6.45, 7) is 0.751. The Labute approximate surface area is 126 Å². The van der Waals surface area contributed by atoms with Gasteiger partial charge in [-0.2, -0.15) is 0 Å². The molecule has 3 rings (SSSR count). The van der Waals surface area contributed by atoms with E-state index in [1.165, 1.54) is 6.07 Å². The smallest absolute Gasteiger partial charge is 0.200 e. The Morgan fingerprint density at radius 2 is 2.24 bits per heavy atom. The molecule has 0 saturated carbocycles. The van der Waals surface area contributed by atoms with E-state index in [4.69, 9.17) is 22.7 Å². The van der Waals surface area contributed by atoms with Crippen LogP contribution >= 0.6 is 12.2 Å². The van der Waals surface area contributed by atoms with Crippen LogP contribution in [0.1, 0.15) is 12.0 Å². The maximum absolute atomic E-state index is 13.7. The first-order chi connectivity index (χ1) is 10.1. The van der Waals surface area contributed by atoms with Gasteiger partial charge in [0.2, 0.25) is 0 Å². The quantitative estimate of drug-likeness (QED) is 0.863. The Morgan fingerprint density at radius 3 is 3.00 bits per heavy atom. The third kappa shape index (κ3) is 2.58. The number of ether oxygens (including phenoxy) is 1. The minimum Gasteiger partial charge on any atom is -0.488 e. The highest BCUT2D eigenvalue weighted by Gasteiger charge is 2.33. The van der Waals surface area contributed by atoms with Crippen molar-refractivity contribution in [1.29, 1.82) is 0 Å². The Bertz CT molecular complexity index is 620. The van der Waals surface area contributed by atoms with Crippen molar-refractivity contribution < 1.29 is 13.5 Å². The number of fused-ring (bicyclic) bond motifs is 1. The summed E-state index contributed by atoms with van der Waals surface area (Å²) in [5.74, 6) is -1.16. The lowest BCUT2D eigenvalue weighted by Gasteiger charge is -2.34. The second kappa shape index (κ2) is 5.57. The summed E-state index contributed by atoms with van der Waals surface area (Å²) in [6, 6.07) is 2.00. The summed E-state index contributed by atoms with van der Waals surface area (Å²) in [4.78, 5) is 1.87. The van der Waals surface area contributed by atoms with E-state index in [0.29, 0.717) is 30.1 Å². The fourth-order valence-corrected chi connectivity index (χ4v) is 3.00. The van der Waals surface area contributed by atoms with Crippen LogP contribution < -0.4 is 15.8 Å². The van der Waals surface area contributed by atoms with E-state index in [1.54, 1.807) is 6.20 Å². The molecule has 1 aromatic carbocycles. The number of thiocarbonyl (C=S) groups is 1. The molecule has 2 N–H and O–H groups in total. The Kier molecular flexibility index (Phi) is 3.77. The van der Waals surface area contributed by atoms with Crippen molar-refractivity contribution in [2.75, 3.05) is 13.2 Å². The standard InChI is InChI=1S/C14H14F2N3OS/c15-9-3-8-4-11(7-20-13(8)12(16)5-9)19-10(1-2-17)6-18-14(19)21/h3,5-6,11H,1-2,4,7,17H2/t11-/m1/s1. The molecule has 0 fully saturated rings. The van der Waals surface area contributed by atoms with E-state index in [0.717, 1.165) is 11.8 Å². The molecule has 0 saturated heterocycles. The molecule has 4 nitrogen and oxygen atoms in total. The topological polar surface area (TPSA) is 52.6 Å². The first-order valence-electron chi connectivity index (χ1n) is 6.64. The Hall–Kier alpha value is -1.73. The van der Waals surface area contributed by atoms with Crippen molar-refractivity contribution in [3.05, 3.63) is 41.2 Å². The van der Waals surface area contributed by atoms with Gasteiger partial charge in [0.05, 0.1) is 6.04 Å². The number of benzene rings is 1. The van der Waals surface area contributed by atoms with Crippen molar-refractivity contribution in [2.45, 2.75) is 18.9 Å². The van der Waals surface area contributed by atoms with Crippen LogP contribution in [0.3, 0.4) is 0 Å². The predicted octanol–water partition coefficient (Wildman–Crippen LogP) is 1.66. The minimum absolute atomic E-state index is 0.124. The van der Waals surface area contributed by atoms with Crippen molar-refractivity contribution in [1.82, 2.24) is 10.2 Å². The number of hydrogen-bond acceptors (Lipinski definition) is 3. The molecule has 0 amide bonds. The average Bonchev–Trinajstić information content (AvgIpc) is 2.79. The van der Waals surface area contributed by atoms with Gasteiger partial charge in [-0.3, -0.25) is 0 Å². The molecule has 1 atom stereocenters. The maximum Gasteiger partial charge on any atom is 0.200 e. The molecular weight excluding hydrogens is 296 g/mol. The van der Waals surface area contributed by atoms with Gasteiger partial charge >= 0.3 is 0 Å². The molecule has 111 valence electrons. The van der Waals surface area contributed by atoms with Gasteiger partial charge in [0.1, 0.15) is 12.4 Å². The fraction of sp³-hybridized carbons (Fsp3) is 0.357. The van der Waals surface area contributed by atoms with Crippen LogP contribution in [0.5, 0.6) is 5.75 Å². The lowest BCUT2D eigenvalue weighted by molar-refractivity contribution is 0.188. The third-order valence-electron chi connectivity index (χ3n) is 3.57. The summed E-state index contributed by atoms with van der Waals surface area (Å²) < 4.78 is 32.5. The van der Waals surface area contributed by atoms with E-state index in [9.17, 15) is 8.78 Å². The highest BCUT2D eigenvalue weighted by atomic mass is 32.1. The van der Waals surface area contributed by atoms with Gasteiger partial charge in [-0.1, -0.05) is 0 Å². The zero-order chi connectivity index (χ0) is 15.0. The summed E-state index contributed by atoms with van der Waals surface area (Å²) in [7, 11) is 0. The van der Waals surface area contributed by atoms with Crippen LogP contribution in [0.15, 0.2) is 24.0 Å². The Morgan fingerprint density at radius 1 is 1.43 bits per heavy atom. The van der Waals surface area contributed by atoms with E-state index in [-0.39, 0.29) is 18.4 Å². The second-order valence-electron chi connectivity index (χ2n) is 4.99. The molecule has 0 unspecified atom stereocenters. The zero-order valence-corrected chi connectivity index (χ0v) is 12.0. The lowest BCUT2D eigenvalue weighted by atomic mass is 10.0. The summed E-state index contributed by atoms with van der Waals surface area (Å²) >= 11 is 5.23. The molecule has 21 heavy (non-hydrogen) atoms. The highest BCUT2D eigenvalue weighted by molar-refractivity contribution is 7.80.